The average Bonchev–Trinajstić information content (AvgIpc) is 3.10. The van der Waals surface area contributed by atoms with Gasteiger partial charge in [0.05, 0.1) is 6.10 Å². The molecule has 4 heteroatoms. The van der Waals surface area contributed by atoms with Crippen molar-refractivity contribution in [3.63, 3.8) is 0 Å². The average molecular weight is 281 g/mol. The van der Waals surface area contributed by atoms with Crippen LogP contribution in [0.4, 0.5) is 4.39 Å². The van der Waals surface area contributed by atoms with Gasteiger partial charge in [-0.2, -0.15) is 0 Å². The quantitative estimate of drug-likeness (QED) is 0.808. The maximum Gasteiger partial charge on any atom is 0.137 e. The van der Waals surface area contributed by atoms with Crippen LogP contribution >= 0.6 is 11.8 Å². The van der Waals surface area contributed by atoms with E-state index >= 15 is 0 Å². The molecule has 1 aliphatic heterocycles. The second-order valence-electron chi connectivity index (χ2n) is 5.33. The van der Waals surface area contributed by atoms with Crippen LogP contribution in [0.15, 0.2) is 23.1 Å². The lowest BCUT2D eigenvalue weighted by atomic mass is 10.2. The number of hydrogen-bond donors (Lipinski definition) is 1. The zero-order valence-electron chi connectivity index (χ0n) is 11.0. The predicted octanol–water partition coefficient (Wildman–Crippen LogP) is 3.35. The lowest BCUT2D eigenvalue weighted by Crippen LogP contribution is -2.16. The van der Waals surface area contributed by atoms with Crippen molar-refractivity contribution in [3.05, 3.63) is 29.6 Å². The summed E-state index contributed by atoms with van der Waals surface area (Å²) in [5.41, 5.74) is 1.08. The van der Waals surface area contributed by atoms with Crippen molar-refractivity contribution in [2.75, 3.05) is 12.4 Å². The molecule has 3 rings (SSSR count). The van der Waals surface area contributed by atoms with Crippen LogP contribution in [-0.2, 0) is 11.3 Å². The molecular weight excluding hydrogens is 261 g/mol. The second kappa shape index (κ2) is 6.25. The van der Waals surface area contributed by atoms with Gasteiger partial charge in [-0.15, -0.1) is 11.8 Å². The first kappa shape index (κ1) is 13.4. The number of ether oxygens (including phenoxy) is 1. The van der Waals surface area contributed by atoms with Crippen molar-refractivity contribution in [1.29, 1.82) is 0 Å². The van der Waals surface area contributed by atoms with E-state index in [0.29, 0.717) is 12.1 Å². The summed E-state index contributed by atoms with van der Waals surface area (Å²) in [5, 5.41) is 3.46. The summed E-state index contributed by atoms with van der Waals surface area (Å²) in [6.45, 7) is 1.63. The molecule has 0 spiro atoms. The molecule has 2 aliphatic rings. The summed E-state index contributed by atoms with van der Waals surface area (Å²) in [6, 6.07) is 6.03. The van der Waals surface area contributed by atoms with Gasteiger partial charge in [0, 0.05) is 29.8 Å². The number of hydrogen-bond acceptors (Lipinski definition) is 3. The van der Waals surface area contributed by atoms with Crippen LogP contribution < -0.4 is 5.32 Å². The fourth-order valence-electron chi connectivity index (χ4n) is 2.35. The Hall–Kier alpha value is -0.580. The Bertz CT molecular complexity index is 430. The topological polar surface area (TPSA) is 21.3 Å². The number of nitrogens with one attached hydrogen (secondary N) is 1. The Morgan fingerprint density at radius 1 is 1.32 bits per heavy atom. The maximum atomic E-state index is 14.0. The molecule has 1 aromatic carbocycles. The largest absolute Gasteiger partial charge is 0.377 e. The molecule has 0 amide bonds. The van der Waals surface area contributed by atoms with Crippen LogP contribution in [0.1, 0.15) is 31.2 Å². The molecule has 1 unspecified atom stereocenters. The Kier molecular flexibility index (Phi) is 4.41. The maximum absolute atomic E-state index is 14.0. The minimum atomic E-state index is -0.0990. The molecule has 1 aliphatic carbocycles. The fourth-order valence-corrected chi connectivity index (χ4v) is 3.50. The van der Waals surface area contributed by atoms with Crippen molar-refractivity contribution < 1.29 is 9.13 Å². The van der Waals surface area contributed by atoms with E-state index in [9.17, 15) is 4.39 Å². The predicted molar refractivity (Wildman–Crippen MR) is 76.0 cm³/mol. The van der Waals surface area contributed by atoms with Gasteiger partial charge in [-0.25, -0.2) is 4.39 Å². The van der Waals surface area contributed by atoms with E-state index in [1.54, 1.807) is 23.9 Å². The first-order valence-electron chi connectivity index (χ1n) is 7.08. The van der Waals surface area contributed by atoms with Gasteiger partial charge in [0.2, 0.25) is 0 Å². The second-order valence-corrected chi connectivity index (χ2v) is 6.36. The zero-order valence-corrected chi connectivity index (χ0v) is 11.8. The van der Waals surface area contributed by atoms with Crippen molar-refractivity contribution in [3.8, 4) is 0 Å². The van der Waals surface area contributed by atoms with E-state index in [1.165, 1.54) is 12.8 Å². The van der Waals surface area contributed by atoms with E-state index in [1.807, 2.05) is 6.07 Å². The highest BCUT2D eigenvalue weighted by atomic mass is 32.2. The lowest BCUT2D eigenvalue weighted by Gasteiger charge is -2.13. The van der Waals surface area contributed by atoms with Crippen LogP contribution in [0.3, 0.4) is 0 Å². The first-order valence-corrected chi connectivity index (χ1v) is 8.06. The third kappa shape index (κ3) is 3.71. The Morgan fingerprint density at radius 2 is 2.21 bits per heavy atom. The molecule has 1 aromatic rings. The van der Waals surface area contributed by atoms with Crippen LogP contribution in [0, 0.1) is 5.82 Å². The van der Waals surface area contributed by atoms with Gasteiger partial charge < -0.3 is 10.1 Å². The van der Waals surface area contributed by atoms with Crippen LogP contribution in [0.25, 0.3) is 0 Å². The molecule has 104 valence electrons. The van der Waals surface area contributed by atoms with E-state index in [4.69, 9.17) is 4.74 Å². The molecule has 1 saturated heterocycles. The van der Waals surface area contributed by atoms with Crippen molar-refractivity contribution in [1.82, 2.24) is 5.32 Å². The van der Waals surface area contributed by atoms with Gasteiger partial charge in [-0.1, -0.05) is 12.1 Å². The Labute approximate surface area is 118 Å². The fraction of sp³-hybridized carbons (Fsp3) is 0.600. The summed E-state index contributed by atoms with van der Waals surface area (Å²) < 4.78 is 19.6. The monoisotopic (exact) mass is 281 g/mol. The van der Waals surface area contributed by atoms with Crippen molar-refractivity contribution in [2.45, 2.75) is 49.3 Å². The number of benzene rings is 1. The van der Waals surface area contributed by atoms with Gasteiger partial charge in [0.15, 0.2) is 0 Å². The van der Waals surface area contributed by atoms with Crippen LogP contribution in [0.2, 0.25) is 0 Å². The molecule has 1 heterocycles. The summed E-state index contributed by atoms with van der Waals surface area (Å²) in [4.78, 5) is 0.797. The molecule has 0 aromatic heterocycles. The minimum Gasteiger partial charge on any atom is -0.377 e. The van der Waals surface area contributed by atoms with Gasteiger partial charge in [-0.3, -0.25) is 0 Å². The standard InChI is InChI=1S/C15H20FNOS/c16-14-5-1-3-11(9-17-12-6-7-12)15(14)19-10-13-4-2-8-18-13/h1,3,5,12-13,17H,2,4,6-10H2. The molecule has 0 radical (unpaired) electrons. The number of rotatable bonds is 6. The van der Waals surface area contributed by atoms with E-state index < -0.39 is 0 Å². The third-order valence-corrected chi connectivity index (χ3v) is 4.93. The van der Waals surface area contributed by atoms with E-state index in [0.717, 1.165) is 42.2 Å². The third-order valence-electron chi connectivity index (χ3n) is 3.64. The lowest BCUT2D eigenvalue weighted by molar-refractivity contribution is 0.129. The highest BCUT2D eigenvalue weighted by Crippen LogP contribution is 2.30. The minimum absolute atomic E-state index is 0.0990. The molecule has 1 atom stereocenters. The summed E-state index contributed by atoms with van der Waals surface area (Å²) >= 11 is 1.60. The van der Waals surface area contributed by atoms with E-state index in [-0.39, 0.29) is 5.82 Å². The first-order chi connectivity index (χ1) is 9.33. The van der Waals surface area contributed by atoms with Gasteiger partial charge >= 0.3 is 0 Å². The highest BCUT2D eigenvalue weighted by molar-refractivity contribution is 7.99. The molecule has 0 bridgehead atoms. The van der Waals surface area contributed by atoms with E-state index in [2.05, 4.69) is 5.32 Å². The van der Waals surface area contributed by atoms with Crippen molar-refractivity contribution in [2.24, 2.45) is 0 Å². The molecule has 19 heavy (non-hydrogen) atoms. The summed E-state index contributed by atoms with van der Waals surface area (Å²) in [5.74, 6) is 0.760. The van der Waals surface area contributed by atoms with Crippen LogP contribution in [-0.4, -0.2) is 24.5 Å². The SMILES string of the molecule is Fc1cccc(CNC2CC2)c1SCC1CCCO1. The Balaban J connectivity index is 1.62. The van der Waals surface area contributed by atoms with Gasteiger partial charge in [0.25, 0.3) is 0 Å². The van der Waals surface area contributed by atoms with Crippen LogP contribution in [0.5, 0.6) is 0 Å². The summed E-state index contributed by atoms with van der Waals surface area (Å²) in [6.07, 6.45) is 5.06. The molecule has 1 N–H and O–H groups in total. The Morgan fingerprint density at radius 3 is 2.95 bits per heavy atom. The number of halogens is 1. The highest BCUT2D eigenvalue weighted by Gasteiger charge is 2.22. The molecular formula is C15H20FNOS. The van der Waals surface area contributed by atoms with Gasteiger partial charge in [0.1, 0.15) is 5.82 Å². The molecule has 1 saturated carbocycles. The zero-order chi connectivity index (χ0) is 13.1. The normalized spacial score (nSPS) is 22.9. The number of thioether (sulfide) groups is 1. The summed E-state index contributed by atoms with van der Waals surface area (Å²) in [7, 11) is 0. The van der Waals surface area contributed by atoms with Crippen molar-refractivity contribution >= 4 is 11.8 Å². The molecule has 2 fully saturated rings. The smallest absolute Gasteiger partial charge is 0.137 e. The van der Waals surface area contributed by atoms with Gasteiger partial charge in [-0.05, 0) is 37.3 Å². The molecule has 2 nitrogen and oxygen atoms in total.